The number of oxazole rings is 1. The normalized spacial score (nSPS) is 17.0. The summed E-state index contributed by atoms with van der Waals surface area (Å²) in [7, 11) is -0.571. The van der Waals surface area contributed by atoms with Crippen LogP contribution >= 0.6 is 0 Å². The number of carbonyl (C=O) groups excluding carboxylic acids is 1. The number of benzene rings is 2. The van der Waals surface area contributed by atoms with E-state index >= 15 is 0 Å². The van der Waals surface area contributed by atoms with Crippen molar-refractivity contribution in [1.82, 2.24) is 14.6 Å². The van der Waals surface area contributed by atoms with Gasteiger partial charge in [-0.15, -0.1) is 0 Å². The summed E-state index contributed by atoms with van der Waals surface area (Å²) in [6.45, 7) is 1.28. The highest BCUT2D eigenvalue weighted by atomic mass is 32.2. The molecule has 0 aliphatic carbocycles. The molecule has 1 fully saturated rings. The quantitative estimate of drug-likeness (QED) is 0.648. The molecule has 0 saturated carbocycles. The van der Waals surface area contributed by atoms with Crippen molar-refractivity contribution in [2.24, 2.45) is 0 Å². The number of hydrogen-bond donors (Lipinski definition) is 1. The number of anilines is 1. The third-order valence-corrected chi connectivity index (χ3v) is 7.13. The smallest absolute Gasteiger partial charge is 0.298 e. The Kier molecular flexibility index (Phi) is 5.48. The van der Waals surface area contributed by atoms with Crippen LogP contribution in [-0.2, 0) is 10.0 Å². The van der Waals surface area contributed by atoms with Crippen LogP contribution in [0.4, 0.5) is 6.01 Å². The average Bonchev–Trinajstić information content (AvgIpc) is 3.38. The summed E-state index contributed by atoms with van der Waals surface area (Å²) < 4.78 is 31.3. The van der Waals surface area contributed by atoms with Crippen LogP contribution in [-0.4, -0.2) is 56.8 Å². The number of para-hydroxylation sites is 2. The number of sulfonamides is 1. The van der Waals surface area contributed by atoms with Gasteiger partial charge in [-0.25, -0.2) is 12.7 Å². The van der Waals surface area contributed by atoms with Gasteiger partial charge in [-0.2, -0.15) is 4.98 Å². The molecule has 1 N–H and O–H groups in total. The zero-order chi connectivity index (χ0) is 21.3. The van der Waals surface area contributed by atoms with Gasteiger partial charge in [0.15, 0.2) is 5.58 Å². The lowest BCUT2D eigenvalue weighted by molar-refractivity contribution is 0.0951. The Morgan fingerprint density at radius 3 is 2.63 bits per heavy atom. The van der Waals surface area contributed by atoms with E-state index < -0.39 is 10.0 Å². The van der Waals surface area contributed by atoms with E-state index in [1.54, 1.807) is 0 Å². The average molecular weight is 429 g/mol. The molecule has 1 aliphatic rings. The monoisotopic (exact) mass is 428 g/mol. The summed E-state index contributed by atoms with van der Waals surface area (Å²) in [5.74, 6) is -0.242. The van der Waals surface area contributed by atoms with Gasteiger partial charge in [0.05, 0.1) is 10.9 Å². The zero-order valence-corrected chi connectivity index (χ0v) is 17.7. The molecule has 0 radical (unpaired) electrons. The molecule has 1 atom stereocenters. The fourth-order valence-electron chi connectivity index (χ4n) is 3.58. The van der Waals surface area contributed by atoms with E-state index in [-0.39, 0.29) is 16.8 Å². The molecule has 1 aliphatic heterocycles. The summed E-state index contributed by atoms with van der Waals surface area (Å²) >= 11 is 0. The van der Waals surface area contributed by atoms with Crippen molar-refractivity contribution in [2.75, 3.05) is 32.1 Å². The maximum absolute atomic E-state index is 12.6. The molecule has 3 aromatic rings. The highest BCUT2D eigenvalue weighted by Crippen LogP contribution is 2.28. The van der Waals surface area contributed by atoms with Crippen LogP contribution in [0.3, 0.4) is 0 Å². The first-order chi connectivity index (χ1) is 14.4. The van der Waals surface area contributed by atoms with Gasteiger partial charge >= 0.3 is 0 Å². The second-order valence-electron chi connectivity index (χ2n) is 7.48. The van der Waals surface area contributed by atoms with Gasteiger partial charge in [0.2, 0.25) is 10.0 Å². The van der Waals surface area contributed by atoms with Crippen molar-refractivity contribution in [1.29, 1.82) is 0 Å². The van der Waals surface area contributed by atoms with E-state index in [0.29, 0.717) is 18.1 Å². The molecule has 0 spiro atoms. The van der Waals surface area contributed by atoms with Crippen LogP contribution < -0.4 is 10.2 Å². The third kappa shape index (κ3) is 3.90. The summed E-state index contributed by atoms with van der Waals surface area (Å²) in [6.07, 6.45) is 1.93. The van der Waals surface area contributed by atoms with Gasteiger partial charge in [0, 0.05) is 32.7 Å². The van der Waals surface area contributed by atoms with E-state index in [2.05, 4.69) is 15.2 Å². The van der Waals surface area contributed by atoms with Gasteiger partial charge in [-0.05, 0) is 49.2 Å². The fourth-order valence-corrected chi connectivity index (χ4v) is 4.49. The lowest BCUT2D eigenvalue weighted by Crippen LogP contribution is -2.40. The van der Waals surface area contributed by atoms with Crippen LogP contribution in [0.5, 0.6) is 0 Å². The van der Waals surface area contributed by atoms with Gasteiger partial charge in [0.1, 0.15) is 5.52 Å². The predicted octanol–water partition coefficient (Wildman–Crippen LogP) is 2.48. The molecule has 0 bridgehead atoms. The zero-order valence-electron chi connectivity index (χ0n) is 16.9. The number of amides is 1. The van der Waals surface area contributed by atoms with Crippen molar-refractivity contribution in [3.05, 3.63) is 54.1 Å². The lowest BCUT2D eigenvalue weighted by Gasteiger charge is -2.23. The highest BCUT2D eigenvalue weighted by Gasteiger charge is 2.29. The Morgan fingerprint density at radius 2 is 1.93 bits per heavy atom. The molecule has 9 heteroatoms. The van der Waals surface area contributed by atoms with Gasteiger partial charge < -0.3 is 14.6 Å². The van der Waals surface area contributed by atoms with Crippen molar-refractivity contribution in [3.63, 3.8) is 0 Å². The number of nitrogens with zero attached hydrogens (tertiary/aromatic N) is 3. The predicted molar refractivity (Wildman–Crippen MR) is 114 cm³/mol. The summed E-state index contributed by atoms with van der Waals surface area (Å²) in [4.78, 5) is 19.4. The first-order valence-electron chi connectivity index (χ1n) is 9.79. The van der Waals surface area contributed by atoms with E-state index in [1.165, 1.54) is 38.4 Å². The molecule has 1 unspecified atom stereocenters. The number of aromatic nitrogens is 1. The van der Waals surface area contributed by atoms with Crippen molar-refractivity contribution in [3.8, 4) is 0 Å². The molecule has 4 rings (SSSR count). The first kappa shape index (κ1) is 20.4. The molecule has 30 heavy (non-hydrogen) atoms. The Balaban J connectivity index is 1.41. The standard InChI is InChI=1S/C21H24N4O4S/c1-24(2)30(27,28)17-11-9-15(10-12-17)20(26)22-14-16-6-5-13-25(16)21-23-18-7-3-4-8-19(18)29-21/h3-4,7-12,16H,5-6,13-14H2,1-2H3,(H,22,26). The minimum absolute atomic E-state index is 0.0930. The van der Waals surface area contributed by atoms with Gasteiger partial charge in [0.25, 0.3) is 11.9 Å². The van der Waals surface area contributed by atoms with Crippen molar-refractivity contribution in [2.45, 2.75) is 23.8 Å². The second kappa shape index (κ2) is 8.08. The Labute approximate surface area is 175 Å². The fraction of sp³-hybridized carbons (Fsp3) is 0.333. The Bertz CT molecular complexity index is 1120. The molecule has 1 aromatic heterocycles. The first-order valence-corrected chi connectivity index (χ1v) is 11.2. The maximum atomic E-state index is 12.6. The lowest BCUT2D eigenvalue weighted by atomic mass is 10.2. The van der Waals surface area contributed by atoms with Crippen LogP contribution in [0.15, 0.2) is 57.8 Å². The van der Waals surface area contributed by atoms with Crippen molar-refractivity contribution < 1.29 is 17.6 Å². The Morgan fingerprint density at radius 1 is 1.20 bits per heavy atom. The second-order valence-corrected chi connectivity index (χ2v) is 9.63. The maximum Gasteiger partial charge on any atom is 0.298 e. The molecule has 2 aromatic carbocycles. The summed E-state index contributed by atoms with van der Waals surface area (Å²) in [6, 6.07) is 14.3. The minimum atomic E-state index is -3.52. The van der Waals surface area contributed by atoms with Gasteiger partial charge in [-0.3, -0.25) is 4.79 Å². The third-order valence-electron chi connectivity index (χ3n) is 5.30. The van der Waals surface area contributed by atoms with Crippen molar-refractivity contribution >= 4 is 33.0 Å². The molecular weight excluding hydrogens is 404 g/mol. The van der Waals surface area contributed by atoms with Crippen LogP contribution in [0.25, 0.3) is 11.1 Å². The van der Waals surface area contributed by atoms with Crippen LogP contribution in [0.2, 0.25) is 0 Å². The van der Waals surface area contributed by atoms with E-state index in [4.69, 9.17) is 4.42 Å². The number of carbonyl (C=O) groups is 1. The Hall–Kier alpha value is -2.91. The van der Waals surface area contributed by atoms with E-state index in [0.717, 1.165) is 34.8 Å². The van der Waals surface area contributed by atoms with Crippen LogP contribution in [0, 0.1) is 0 Å². The number of rotatable bonds is 6. The van der Waals surface area contributed by atoms with Gasteiger partial charge in [-0.1, -0.05) is 12.1 Å². The largest absolute Gasteiger partial charge is 0.423 e. The minimum Gasteiger partial charge on any atom is -0.423 e. The summed E-state index contributed by atoms with van der Waals surface area (Å²) in [5.41, 5.74) is 1.98. The topological polar surface area (TPSA) is 95.8 Å². The molecule has 1 amide bonds. The van der Waals surface area contributed by atoms with E-state index in [1.807, 2.05) is 24.3 Å². The molecule has 158 valence electrons. The molecule has 1 saturated heterocycles. The number of fused-ring (bicyclic) bond motifs is 1. The SMILES string of the molecule is CN(C)S(=O)(=O)c1ccc(C(=O)NCC2CCCN2c2nc3ccccc3o2)cc1. The van der Waals surface area contributed by atoms with E-state index in [9.17, 15) is 13.2 Å². The molecule has 2 heterocycles. The van der Waals surface area contributed by atoms with Crippen LogP contribution in [0.1, 0.15) is 23.2 Å². The molecular formula is C21H24N4O4S. The number of hydrogen-bond acceptors (Lipinski definition) is 6. The molecule has 8 nitrogen and oxygen atoms in total. The highest BCUT2D eigenvalue weighted by molar-refractivity contribution is 7.89. The number of nitrogens with one attached hydrogen (secondary N) is 1. The summed E-state index contributed by atoms with van der Waals surface area (Å²) in [5, 5.41) is 2.95.